The van der Waals surface area contributed by atoms with Gasteiger partial charge in [-0.15, -0.1) is 0 Å². The van der Waals surface area contributed by atoms with Gasteiger partial charge in [0, 0.05) is 12.5 Å². The molecule has 92 valence electrons. The van der Waals surface area contributed by atoms with Crippen molar-refractivity contribution in [2.75, 3.05) is 0 Å². The number of amides is 2. The molecule has 1 fully saturated rings. The lowest BCUT2D eigenvalue weighted by molar-refractivity contribution is -0.140. The second-order valence-electron chi connectivity index (χ2n) is 4.34. The van der Waals surface area contributed by atoms with Gasteiger partial charge in [0.15, 0.2) is 0 Å². The number of rotatable bonds is 3. The molecule has 0 spiro atoms. The van der Waals surface area contributed by atoms with Crippen molar-refractivity contribution in [1.29, 1.82) is 0 Å². The number of carbonyl (C=O) groups excluding carboxylic acids is 2. The van der Waals surface area contributed by atoms with Gasteiger partial charge in [-0.3, -0.25) is 14.4 Å². The highest BCUT2D eigenvalue weighted by Crippen LogP contribution is 2.18. The quantitative estimate of drug-likeness (QED) is 0.573. The Morgan fingerprint density at radius 2 is 2.18 bits per heavy atom. The molecule has 0 aromatic heterocycles. The van der Waals surface area contributed by atoms with E-state index in [1.165, 1.54) is 0 Å². The first-order valence-electron chi connectivity index (χ1n) is 5.57. The third-order valence-corrected chi connectivity index (χ3v) is 3.04. The zero-order valence-corrected chi connectivity index (χ0v) is 9.18. The van der Waals surface area contributed by atoms with Crippen molar-refractivity contribution < 1.29 is 19.5 Å². The molecule has 1 heterocycles. The van der Waals surface area contributed by atoms with E-state index < -0.39 is 17.9 Å². The van der Waals surface area contributed by atoms with E-state index in [-0.39, 0.29) is 17.9 Å². The molecule has 6 nitrogen and oxygen atoms in total. The van der Waals surface area contributed by atoms with Crippen molar-refractivity contribution in [1.82, 2.24) is 10.6 Å². The van der Waals surface area contributed by atoms with Crippen molar-refractivity contribution in [2.45, 2.75) is 31.3 Å². The SMILES string of the molecule is O=C1CC[C@@H](C(=O)NC2C=CC(C(=O)O)C2)N1. The average Bonchev–Trinajstić information content (AvgIpc) is 2.86. The Morgan fingerprint density at radius 3 is 2.71 bits per heavy atom. The van der Waals surface area contributed by atoms with Crippen LogP contribution in [0.2, 0.25) is 0 Å². The van der Waals surface area contributed by atoms with Crippen LogP contribution >= 0.6 is 0 Å². The Labute approximate surface area is 98.1 Å². The second kappa shape index (κ2) is 4.57. The predicted molar refractivity (Wildman–Crippen MR) is 58.0 cm³/mol. The summed E-state index contributed by atoms with van der Waals surface area (Å²) in [4.78, 5) is 33.4. The Hall–Kier alpha value is -1.85. The van der Waals surface area contributed by atoms with Gasteiger partial charge in [0.25, 0.3) is 0 Å². The first kappa shape index (κ1) is 11.6. The molecule has 17 heavy (non-hydrogen) atoms. The molecule has 0 bridgehead atoms. The summed E-state index contributed by atoms with van der Waals surface area (Å²) in [5.74, 6) is -1.77. The third kappa shape index (κ3) is 2.64. The summed E-state index contributed by atoms with van der Waals surface area (Å²) in [5, 5.41) is 14.1. The Morgan fingerprint density at radius 1 is 1.41 bits per heavy atom. The molecule has 1 saturated heterocycles. The van der Waals surface area contributed by atoms with Crippen molar-refractivity contribution in [3.05, 3.63) is 12.2 Å². The van der Waals surface area contributed by atoms with E-state index >= 15 is 0 Å². The monoisotopic (exact) mass is 238 g/mol. The molecule has 0 saturated carbocycles. The molecular weight excluding hydrogens is 224 g/mol. The Kier molecular flexibility index (Phi) is 3.12. The minimum atomic E-state index is -0.882. The number of hydrogen-bond donors (Lipinski definition) is 3. The number of nitrogens with one attached hydrogen (secondary N) is 2. The molecule has 3 atom stereocenters. The lowest BCUT2D eigenvalue weighted by Gasteiger charge is -2.15. The van der Waals surface area contributed by atoms with Crippen LogP contribution in [0.25, 0.3) is 0 Å². The van der Waals surface area contributed by atoms with E-state index in [9.17, 15) is 14.4 Å². The summed E-state index contributed by atoms with van der Waals surface area (Å²) in [6.07, 6.45) is 4.52. The minimum Gasteiger partial charge on any atom is -0.481 e. The molecule has 1 aliphatic heterocycles. The van der Waals surface area contributed by atoms with Crippen LogP contribution in [0, 0.1) is 5.92 Å². The molecule has 0 aromatic rings. The van der Waals surface area contributed by atoms with Gasteiger partial charge < -0.3 is 15.7 Å². The number of hydrogen-bond acceptors (Lipinski definition) is 3. The molecule has 6 heteroatoms. The zero-order chi connectivity index (χ0) is 12.4. The van der Waals surface area contributed by atoms with Crippen molar-refractivity contribution in [2.24, 2.45) is 5.92 Å². The highest BCUT2D eigenvalue weighted by Gasteiger charge is 2.30. The summed E-state index contributed by atoms with van der Waals surface area (Å²) in [7, 11) is 0. The van der Waals surface area contributed by atoms with Gasteiger partial charge in [0.05, 0.1) is 5.92 Å². The summed E-state index contributed by atoms with van der Waals surface area (Å²) in [6, 6.07) is -0.721. The van der Waals surface area contributed by atoms with Gasteiger partial charge >= 0.3 is 5.97 Å². The first-order chi connectivity index (χ1) is 8.06. The molecule has 3 N–H and O–H groups in total. The maximum Gasteiger partial charge on any atom is 0.310 e. The molecule has 2 amide bonds. The van der Waals surface area contributed by atoms with E-state index in [1.807, 2.05) is 0 Å². The molecule has 2 aliphatic rings. The van der Waals surface area contributed by atoms with Crippen LogP contribution in [-0.4, -0.2) is 35.0 Å². The predicted octanol–water partition coefficient (Wildman–Crippen LogP) is -0.589. The van der Waals surface area contributed by atoms with Gasteiger partial charge in [-0.05, 0) is 12.8 Å². The topological polar surface area (TPSA) is 95.5 Å². The number of aliphatic carboxylic acids is 1. The van der Waals surface area contributed by atoms with E-state index in [0.717, 1.165) is 0 Å². The summed E-state index contributed by atoms with van der Waals surface area (Å²) < 4.78 is 0. The maximum absolute atomic E-state index is 11.7. The van der Waals surface area contributed by atoms with E-state index in [0.29, 0.717) is 19.3 Å². The van der Waals surface area contributed by atoms with Crippen LogP contribution in [0.5, 0.6) is 0 Å². The van der Waals surface area contributed by atoms with Crippen LogP contribution in [0.4, 0.5) is 0 Å². The van der Waals surface area contributed by atoms with Crippen LogP contribution < -0.4 is 10.6 Å². The van der Waals surface area contributed by atoms with Gasteiger partial charge in [0.2, 0.25) is 11.8 Å². The van der Waals surface area contributed by atoms with Gasteiger partial charge in [-0.1, -0.05) is 12.2 Å². The molecule has 0 radical (unpaired) electrons. The third-order valence-electron chi connectivity index (χ3n) is 3.04. The van der Waals surface area contributed by atoms with Gasteiger partial charge in [-0.25, -0.2) is 0 Å². The summed E-state index contributed by atoms with van der Waals surface area (Å²) in [5.41, 5.74) is 0. The van der Waals surface area contributed by atoms with E-state index in [2.05, 4.69) is 10.6 Å². The highest BCUT2D eigenvalue weighted by atomic mass is 16.4. The van der Waals surface area contributed by atoms with Gasteiger partial charge in [-0.2, -0.15) is 0 Å². The van der Waals surface area contributed by atoms with Crippen LogP contribution in [-0.2, 0) is 14.4 Å². The lowest BCUT2D eigenvalue weighted by Crippen LogP contribution is -2.45. The molecule has 2 rings (SSSR count). The van der Waals surface area contributed by atoms with Crippen molar-refractivity contribution in [3.8, 4) is 0 Å². The smallest absolute Gasteiger partial charge is 0.310 e. The maximum atomic E-state index is 11.7. The second-order valence-corrected chi connectivity index (χ2v) is 4.34. The fourth-order valence-corrected chi connectivity index (χ4v) is 2.08. The van der Waals surface area contributed by atoms with Crippen molar-refractivity contribution >= 4 is 17.8 Å². The average molecular weight is 238 g/mol. The molecular formula is C11H14N2O4. The van der Waals surface area contributed by atoms with Crippen LogP contribution in [0.1, 0.15) is 19.3 Å². The van der Waals surface area contributed by atoms with Crippen molar-refractivity contribution in [3.63, 3.8) is 0 Å². The Balaban J connectivity index is 1.83. The first-order valence-corrected chi connectivity index (χ1v) is 5.57. The zero-order valence-electron chi connectivity index (χ0n) is 9.18. The number of carboxylic acid groups (broad SMARTS) is 1. The molecule has 1 aliphatic carbocycles. The Bertz CT molecular complexity index is 391. The number of carboxylic acids is 1. The van der Waals surface area contributed by atoms with E-state index in [4.69, 9.17) is 5.11 Å². The summed E-state index contributed by atoms with van der Waals surface area (Å²) >= 11 is 0. The lowest BCUT2D eigenvalue weighted by atomic mass is 10.1. The molecule has 2 unspecified atom stereocenters. The number of carbonyl (C=O) groups is 3. The van der Waals surface area contributed by atoms with Gasteiger partial charge in [0.1, 0.15) is 6.04 Å². The largest absolute Gasteiger partial charge is 0.481 e. The fourth-order valence-electron chi connectivity index (χ4n) is 2.08. The molecule has 0 aromatic carbocycles. The van der Waals surface area contributed by atoms with Crippen LogP contribution in [0.15, 0.2) is 12.2 Å². The van der Waals surface area contributed by atoms with E-state index in [1.54, 1.807) is 12.2 Å². The standard InChI is InChI=1S/C11H14N2O4/c14-9-4-3-8(13-9)10(15)12-7-2-1-6(5-7)11(16)17/h1-2,6-8H,3-5H2,(H,12,15)(H,13,14)(H,16,17)/t6?,7?,8-/m0/s1. The van der Waals surface area contributed by atoms with Crippen LogP contribution in [0.3, 0.4) is 0 Å². The summed E-state index contributed by atoms with van der Waals surface area (Å²) in [6.45, 7) is 0. The fraction of sp³-hybridized carbons (Fsp3) is 0.545. The normalized spacial score (nSPS) is 31.3. The highest BCUT2D eigenvalue weighted by molar-refractivity contribution is 5.91. The minimum absolute atomic E-state index is 0.115.